The number of benzene rings is 1. The molecule has 1 fully saturated rings. The molecule has 0 amide bonds. The van der Waals surface area contributed by atoms with Crippen LogP contribution in [-0.4, -0.2) is 24.6 Å². The fraction of sp³-hybridized carbons (Fsp3) is 0.364. The van der Waals surface area contributed by atoms with Crippen molar-refractivity contribution in [2.24, 2.45) is 0 Å². The Kier molecular flexibility index (Phi) is 1.89. The fourth-order valence-electron chi connectivity index (χ4n) is 1.87. The molecule has 1 aromatic carbocycles. The smallest absolute Gasteiger partial charge is 0.177 e. The van der Waals surface area contributed by atoms with Gasteiger partial charge in [0.05, 0.1) is 10.4 Å². The van der Waals surface area contributed by atoms with Crippen molar-refractivity contribution in [3.8, 4) is 0 Å². The zero-order valence-electron chi connectivity index (χ0n) is 8.90. The lowest BCUT2D eigenvalue weighted by atomic mass is 10.3. The van der Waals surface area contributed by atoms with Gasteiger partial charge in [0, 0.05) is 12.2 Å². The molecule has 3 rings (SSSR count). The van der Waals surface area contributed by atoms with Crippen LogP contribution >= 0.6 is 0 Å². The summed E-state index contributed by atoms with van der Waals surface area (Å²) in [7, 11) is -3.20. The minimum atomic E-state index is -3.20. The summed E-state index contributed by atoms with van der Waals surface area (Å²) < 4.78 is 23.2. The normalized spacial score (nSPS) is 16.8. The number of hydrogen-bond acceptors (Lipinski definition) is 3. The summed E-state index contributed by atoms with van der Waals surface area (Å²) in [6.45, 7) is 0. The second-order valence-electron chi connectivity index (χ2n) is 4.32. The first-order chi connectivity index (χ1) is 7.55. The lowest BCUT2D eigenvalue weighted by molar-refractivity contribution is 0.602. The molecule has 1 N–H and O–H groups in total. The van der Waals surface area contributed by atoms with Gasteiger partial charge < -0.3 is 4.98 Å². The van der Waals surface area contributed by atoms with Crippen LogP contribution in [0.5, 0.6) is 0 Å². The maximum atomic E-state index is 11.6. The summed E-state index contributed by atoms with van der Waals surface area (Å²) in [5, 5.41) is 0. The van der Waals surface area contributed by atoms with Crippen LogP contribution in [0.1, 0.15) is 24.6 Å². The van der Waals surface area contributed by atoms with Gasteiger partial charge in [-0.1, -0.05) is 6.07 Å². The minimum Gasteiger partial charge on any atom is -0.342 e. The summed E-state index contributed by atoms with van der Waals surface area (Å²) in [5.74, 6) is 1.42. The molecule has 1 aromatic heterocycles. The van der Waals surface area contributed by atoms with E-state index in [1.807, 2.05) is 6.07 Å². The summed E-state index contributed by atoms with van der Waals surface area (Å²) in [6, 6.07) is 5.21. The number of sulfone groups is 1. The number of para-hydroxylation sites is 1. The van der Waals surface area contributed by atoms with Crippen LogP contribution in [0.2, 0.25) is 0 Å². The molecule has 5 heteroatoms. The van der Waals surface area contributed by atoms with Crippen molar-refractivity contribution >= 4 is 20.9 Å². The monoisotopic (exact) mass is 236 g/mol. The van der Waals surface area contributed by atoms with Gasteiger partial charge in [-0.15, -0.1) is 0 Å². The molecule has 0 bridgehead atoms. The molecule has 0 unspecified atom stereocenters. The molecule has 0 atom stereocenters. The van der Waals surface area contributed by atoms with Gasteiger partial charge in [0.2, 0.25) is 0 Å². The largest absolute Gasteiger partial charge is 0.342 e. The number of H-pyrrole nitrogens is 1. The van der Waals surface area contributed by atoms with E-state index in [0.717, 1.165) is 24.2 Å². The van der Waals surface area contributed by atoms with Gasteiger partial charge in [0.25, 0.3) is 0 Å². The number of aromatic nitrogens is 2. The number of aromatic amines is 1. The Bertz CT molecular complexity index is 654. The molecule has 0 aliphatic heterocycles. The van der Waals surface area contributed by atoms with Crippen molar-refractivity contribution in [2.75, 3.05) is 6.26 Å². The highest BCUT2D eigenvalue weighted by Crippen LogP contribution is 2.39. The van der Waals surface area contributed by atoms with Gasteiger partial charge >= 0.3 is 0 Å². The molecule has 1 heterocycles. The van der Waals surface area contributed by atoms with Crippen molar-refractivity contribution < 1.29 is 8.42 Å². The van der Waals surface area contributed by atoms with E-state index in [1.165, 1.54) is 6.26 Å². The Hall–Kier alpha value is -1.36. The maximum Gasteiger partial charge on any atom is 0.177 e. The van der Waals surface area contributed by atoms with E-state index in [0.29, 0.717) is 16.3 Å². The first-order valence-corrected chi connectivity index (χ1v) is 7.13. The number of nitrogens with one attached hydrogen (secondary N) is 1. The molecule has 4 nitrogen and oxygen atoms in total. The summed E-state index contributed by atoms with van der Waals surface area (Å²) in [6.07, 6.45) is 3.51. The molecule has 0 spiro atoms. The van der Waals surface area contributed by atoms with Crippen molar-refractivity contribution in [1.29, 1.82) is 0 Å². The van der Waals surface area contributed by atoms with E-state index in [2.05, 4.69) is 9.97 Å². The van der Waals surface area contributed by atoms with Crippen molar-refractivity contribution in [1.82, 2.24) is 9.97 Å². The molecule has 2 aromatic rings. The molecular weight excluding hydrogens is 224 g/mol. The van der Waals surface area contributed by atoms with E-state index < -0.39 is 9.84 Å². The first-order valence-electron chi connectivity index (χ1n) is 5.24. The van der Waals surface area contributed by atoms with Gasteiger partial charge in [-0.05, 0) is 25.0 Å². The van der Waals surface area contributed by atoms with Crippen LogP contribution in [0, 0.1) is 0 Å². The third-order valence-electron chi connectivity index (χ3n) is 2.86. The van der Waals surface area contributed by atoms with Crippen LogP contribution in [0.3, 0.4) is 0 Å². The lowest BCUT2D eigenvalue weighted by Crippen LogP contribution is -1.97. The first kappa shape index (κ1) is 9.84. The number of fused-ring (bicyclic) bond motifs is 1. The molecule has 0 radical (unpaired) electrons. The van der Waals surface area contributed by atoms with Crippen LogP contribution in [-0.2, 0) is 9.84 Å². The Morgan fingerprint density at radius 1 is 1.38 bits per heavy atom. The zero-order valence-corrected chi connectivity index (χ0v) is 9.71. The maximum absolute atomic E-state index is 11.6. The Balaban J connectivity index is 2.29. The lowest BCUT2D eigenvalue weighted by Gasteiger charge is -1.97. The topological polar surface area (TPSA) is 62.8 Å². The highest BCUT2D eigenvalue weighted by atomic mass is 32.2. The predicted octanol–water partition coefficient (Wildman–Crippen LogP) is 1.84. The minimum absolute atomic E-state index is 0.313. The third kappa shape index (κ3) is 1.51. The van der Waals surface area contributed by atoms with Crippen molar-refractivity contribution in [3.63, 3.8) is 0 Å². The molecule has 84 valence electrons. The number of hydrogen-bond donors (Lipinski definition) is 1. The predicted molar refractivity (Wildman–Crippen MR) is 61.2 cm³/mol. The fourth-order valence-corrected chi connectivity index (χ4v) is 2.71. The van der Waals surface area contributed by atoms with Crippen LogP contribution in [0.15, 0.2) is 23.1 Å². The van der Waals surface area contributed by atoms with Crippen molar-refractivity contribution in [3.05, 3.63) is 24.0 Å². The highest BCUT2D eigenvalue weighted by molar-refractivity contribution is 7.91. The van der Waals surface area contributed by atoms with E-state index in [9.17, 15) is 8.42 Å². The number of nitrogens with zero attached hydrogens (tertiary/aromatic N) is 1. The third-order valence-corrected chi connectivity index (χ3v) is 3.99. The van der Waals surface area contributed by atoms with Gasteiger partial charge in [-0.2, -0.15) is 0 Å². The van der Waals surface area contributed by atoms with E-state index in [1.54, 1.807) is 12.1 Å². The van der Waals surface area contributed by atoms with Gasteiger partial charge in [-0.3, -0.25) is 0 Å². The molecule has 1 saturated carbocycles. The van der Waals surface area contributed by atoms with E-state index in [-0.39, 0.29) is 0 Å². The Morgan fingerprint density at radius 2 is 2.12 bits per heavy atom. The quantitative estimate of drug-likeness (QED) is 0.865. The SMILES string of the molecule is CS(=O)(=O)c1cccc2[nH]c(C3CC3)nc12. The number of rotatable bonds is 2. The summed E-state index contributed by atoms with van der Waals surface area (Å²) >= 11 is 0. The van der Waals surface area contributed by atoms with Crippen LogP contribution in [0.4, 0.5) is 0 Å². The summed E-state index contributed by atoms with van der Waals surface area (Å²) in [5.41, 5.74) is 1.39. The zero-order chi connectivity index (χ0) is 11.3. The van der Waals surface area contributed by atoms with Crippen LogP contribution in [0.25, 0.3) is 11.0 Å². The molecule has 0 saturated heterocycles. The van der Waals surface area contributed by atoms with Crippen LogP contribution < -0.4 is 0 Å². The Morgan fingerprint density at radius 3 is 2.75 bits per heavy atom. The second kappa shape index (κ2) is 3.07. The molecule has 16 heavy (non-hydrogen) atoms. The van der Waals surface area contributed by atoms with E-state index >= 15 is 0 Å². The average Bonchev–Trinajstić information content (AvgIpc) is 2.95. The second-order valence-corrected chi connectivity index (χ2v) is 6.30. The Labute approximate surface area is 93.6 Å². The van der Waals surface area contributed by atoms with E-state index in [4.69, 9.17) is 0 Å². The molecule has 1 aliphatic rings. The average molecular weight is 236 g/mol. The molecular formula is C11H12N2O2S. The van der Waals surface area contributed by atoms with Crippen molar-refractivity contribution in [2.45, 2.75) is 23.7 Å². The highest BCUT2D eigenvalue weighted by Gasteiger charge is 2.27. The van der Waals surface area contributed by atoms with Gasteiger partial charge in [-0.25, -0.2) is 13.4 Å². The summed E-state index contributed by atoms with van der Waals surface area (Å²) in [4.78, 5) is 7.91. The van der Waals surface area contributed by atoms with Gasteiger partial charge in [0.15, 0.2) is 9.84 Å². The number of imidazole rings is 1. The van der Waals surface area contributed by atoms with Gasteiger partial charge in [0.1, 0.15) is 11.3 Å². The standard InChI is InChI=1S/C11H12N2O2S/c1-16(14,15)9-4-2-3-8-10(9)13-11(12-8)7-5-6-7/h2-4,7H,5-6H2,1H3,(H,12,13). The molecule has 1 aliphatic carbocycles.